The molecule has 3 aromatic carbocycles. The Hall–Kier alpha value is -5.18. The van der Waals surface area contributed by atoms with Gasteiger partial charge < -0.3 is 19.1 Å². The summed E-state index contributed by atoms with van der Waals surface area (Å²) in [7, 11) is 0. The lowest BCUT2D eigenvalue weighted by Gasteiger charge is -2.34. The normalized spacial score (nSPS) is 13.4. The van der Waals surface area contributed by atoms with E-state index in [4.69, 9.17) is 25.8 Å². The van der Waals surface area contributed by atoms with Crippen LogP contribution in [0.5, 0.6) is 23.1 Å². The number of piperazine rings is 1. The fourth-order valence-electron chi connectivity index (χ4n) is 6.00. The number of pyridine rings is 2. The predicted molar refractivity (Wildman–Crippen MR) is 202 cm³/mol. The zero-order valence-corrected chi connectivity index (χ0v) is 30.1. The van der Waals surface area contributed by atoms with Crippen molar-refractivity contribution in [1.29, 1.82) is 0 Å². The largest absolute Gasteiger partial charge is 0.492 e. The molecule has 3 heterocycles. The van der Waals surface area contributed by atoms with Gasteiger partial charge in [-0.2, -0.15) is 0 Å². The smallest absolute Gasteiger partial charge is 0.246 e. The number of nitrogens with zero attached hydrogens (tertiary/aromatic N) is 4. The zero-order valence-electron chi connectivity index (χ0n) is 29.3. The molecule has 6 rings (SSSR count). The Morgan fingerprint density at radius 1 is 0.843 bits per heavy atom. The lowest BCUT2D eigenvalue weighted by Crippen LogP contribution is -2.47. The molecule has 2 aromatic heterocycles. The second-order valence-electron chi connectivity index (χ2n) is 12.8. The van der Waals surface area contributed by atoms with Crippen LogP contribution in [-0.2, 0) is 24.4 Å². The van der Waals surface area contributed by atoms with E-state index in [1.165, 1.54) is 11.1 Å². The summed E-state index contributed by atoms with van der Waals surface area (Å²) in [6.45, 7) is 10.8. The number of para-hydroxylation sites is 1. The van der Waals surface area contributed by atoms with Crippen LogP contribution in [0.2, 0.25) is 5.02 Å². The molecule has 0 saturated carbocycles. The first-order valence-electron chi connectivity index (χ1n) is 17.2. The topological polar surface area (TPSA) is 77.0 Å². The molecule has 8 nitrogen and oxygen atoms in total. The quantitative estimate of drug-likeness (QED) is 0.114. The third-order valence-corrected chi connectivity index (χ3v) is 9.06. The number of amides is 1. The van der Waals surface area contributed by atoms with Crippen molar-refractivity contribution >= 4 is 23.6 Å². The van der Waals surface area contributed by atoms with Crippen LogP contribution in [0.4, 0.5) is 0 Å². The van der Waals surface area contributed by atoms with Crippen LogP contribution in [0.25, 0.3) is 6.08 Å². The molecular weight excluding hydrogens is 660 g/mol. The number of aryl methyl sites for hydroxylation is 3. The molecule has 1 aliphatic heterocycles. The highest BCUT2D eigenvalue weighted by molar-refractivity contribution is 6.32. The number of benzene rings is 3. The summed E-state index contributed by atoms with van der Waals surface area (Å²) in [5.74, 6) is 2.61. The zero-order chi connectivity index (χ0) is 35.6. The Morgan fingerprint density at radius 3 is 2.29 bits per heavy atom. The summed E-state index contributed by atoms with van der Waals surface area (Å²) in [6, 6.07) is 29.7. The van der Waals surface area contributed by atoms with Crippen molar-refractivity contribution in [2.45, 2.75) is 40.3 Å². The second kappa shape index (κ2) is 17.2. The highest BCUT2D eigenvalue weighted by Crippen LogP contribution is 2.30. The maximum atomic E-state index is 13.1. The van der Waals surface area contributed by atoms with E-state index in [2.05, 4.69) is 39.1 Å². The fourth-order valence-corrected chi connectivity index (χ4v) is 6.19. The predicted octanol–water partition coefficient (Wildman–Crippen LogP) is 8.41. The number of hydrogen-bond donors (Lipinski definition) is 0. The molecule has 1 fully saturated rings. The summed E-state index contributed by atoms with van der Waals surface area (Å²) in [5.41, 5.74) is 7.17. The van der Waals surface area contributed by atoms with Gasteiger partial charge in [-0.15, -0.1) is 0 Å². The number of halogens is 1. The van der Waals surface area contributed by atoms with Gasteiger partial charge >= 0.3 is 0 Å². The summed E-state index contributed by atoms with van der Waals surface area (Å²) in [5, 5.41) is 0.629. The minimum absolute atomic E-state index is 0.0262. The average molecular weight is 703 g/mol. The van der Waals surface area contributed by atoms with Crippen molar-refractivity contribution in [3.8, 4) is 23.1 Å². The molecule has 1 saturated heterocycles. The van der Waals surface area contributed by atoms with Crippen molar-refractivity contribution in [3.63, 3.8) is 0 Å². The highest BCUT2D eigenvalue weighted by Gasteiger charge is 2.20. The summed E-state index contributed by atoms with van der Waals surface area (Å²) in [6.07, 6.45) is 6.02. The van der Waals surface area contributed by atoms with E-state index in [0.29, 0.717) is 48.7 Å². The first-order chi connectivity index (χ1) is 24.8. The summed E-state index contributed by atoms with van der Waals surface area (Å²) in [4.78, 5) is 26.3. The number of aromatic nitrogens is 2. The molecule has 5 aromatic rings. The van der Waals surface area contributed by atoms with E-state index in [-0.39, 0.29) is 5.91 Å². The number of hydrogen-bond acceptors (Lipinski definition) is 7. The maximum Gasteiger partial charge on any atom is 0.246 e. The van der Waals surface area contributed by atoms with Crippen LogP contribution in [0.15, 0.2) is 103 Å². The monoisotopic (exact) mass is 702 g/mol. The first-order valence-corrected chi connectivity index (χ1v) is 17.6. The van der Waals surface area contributed by atoms with Gasteiger partial charge in [0.25, 0.3) is 0 Å². The molecule has 262 valence electrons. The van der Waals surface area contributed by atoms with Gasteiger partial charge in [-0.05, 0) is 97.1 Å². The SMILES string of the molecule is Cc1cccc(COc2ccc(Oc3c(C)cc(C=CC(=O)N4CCN(Cc5ccc(CCOc6ccccc6Cl)cc5)CC4)cc3C)nc2)n1. The highest BCUT2D eigenvalue weighted by atomic mass is 35.5. The van der Waals surface area contributed by atoms with Crippen molar-refractivity contribution in [2.75, 3.05) is 32.8 Å². The number of carbonyl (C=O) groups is 1. The molecule has 0 atom stereocenters. The standard InChI is InChI=1S/C42H43ClN4O4/c1-30-25-35(26-31(2)42(30)51-40-17-16-37(27-44-40)50-29-36-8-6-7-32(3)45-36)15-18-41(48)47-22-20-46(21-23-47)28-34-13-11-33(12-14-34)19-24-49-39-10-5-4-9-38(39)43/h4-18,25-27H,19-24,28-29H2,1-3H3. The van der Waals surface area contributed by atoms with Crippen LogP contribution in [0, 0.1) is 20.8 Å². The summed E-state index contributed by atoms with van der Waals surface area (Å²) < 4.78 is 17.8. The molecule has 51 heavy (non-hydrogen) atoms. The van der Waals surface area contributed by atoms with Gasteiger partial charge in [-0.3, -0.25) is 14.7 Å². The van der Waals surface area contributed by atoms with E-state index in [0.717, 1.165) is 59.9 Å². The minimum atomic E-state index is 0.0262. The van der Waals surface area contributed by atoms with Gasteiger partial charge in [0.2, 0.25) is 11.8 Å². The molecule has 0 N–H and O–H groups in total. The number of rotatable bonds is 13. The van der Waals surface area contributed by atoms with Gasteiger partial charge in [-0.25, -0.2) is 4.98 Å². The molecule has 1 aliphatic rings. The average Bonchev–Trinajstić information content (AvgIpc) is 3.13. The van der Waals surface area contributed by atoms with Gasteiger partial charge in [0, 0.05) is 57.0 Å². The van der Waals surface area contributed by atoms with Crippen molar-refractivity contribution in [1.82, 2.24) is 19.8 Å². The molecular formula is C42H43ClN4O4. The third kappa shape index (κ3) is 10.2. The van der Waals surface area contributed by atoms with E-state index < -0.39 is 0 Å². The molecule has 1 amide bonds. The molecule has 0 bridgehead atoms. The Kier molecular flexibility index (Phi) is 12.0. The lowest BCUT2D eigenvalue weighted by atomic mass is 10.1. The van der Waals surface area contributed by atoms with E-state index in [1.807, 2.05) is 92.4 Å². The first kappa shape index (κ1) is 35.6. The Bertz CT molecular complexity index is 1930. The number of ether oxygens (including phenoxy) is 3. The van der Waals surface area contributed by atoms with Crippen LogP contribution in [0.3, 0.4) is 0 Å². The van der Waals surface area contributed by atoms with E-state index in [1.54, 1.807) is 18.3 Å². The molecule has 0 aliphatic carbocycles. The molecule has 0 unspecified atom stereocenters. The summed E-state index contributed by atoms with van der Waals surface area (Å²) >= 11 is 6.18. The van der Waals surface area contributed by atoms with Crippen LogP contribution >= 0.6 is 11.6 Å². The number of carbonyl (C=O) groups excluding carboxylic acids is 1. The van der Waals surface area contributed by atoms with Crippen LogP contribution < -0.4 is 14.2 Å². The lowest BCUT2D eigenvalue weighted by molar-refractivity contribution is -0.127. The molecule has 0 spiro atoms. The van der Waals surface area contributed by atoms with E-state index in [9.17, 15) is 4.79 Å². The van der Waals surface area contributed by atoms with Crippen molar-refractivity contribution in [3.05, 3.63) is 147 Å². The second-order valence-corrected chi connectivity index (χ2v) is 13.2. The van der Waals surface area contributed by atoms with Gasteiger partial charge in [-0.1, -0.05) is 54.1 Å². The van der Waals surface area contributed by atoms with Gasteiger partial charge in [0.15, 0.2) is 0 Å². The van der Waals surface area contributed by atoms with Gasteiger partial charge in [0.05, 0.1) is 23.5 Å². The third-order valence-electron chi connectivity index (χ3n) is 8.75. The molecule has 9 heteroatoms. The fraction of sp³-hybridized carbons (Fsp3) is 0.262. The van der Waals surface area contributed by atoms with E-state index >= 15 is 0 Å². The van der Waals surface area contributed by atoms with Crippen molar-refractivity contribution in [2.24, 2.45) is 0 Å². The van der Waals surface area contributed by atoms with Crippen molar-refractivity contribution < 1.29 is 19.0 Å². The van der Waals surface area contributed by atoms with Crippen LogP contribution in [0.1, 0.15) is 39.2 Å². The Labute approximate surface area is 305 Å². The van der Waals surface area contributed by atoms with Gasteiger partial charge in [0.1, 0.15) is 23.9 Å². The van der Waals surface area contributed by atoms with Crippen LogP contribution in [-0.4, -0.2) is 58.5 Å². The minimum Gasteiger partial charge on any atom is -0.492 e. The molecule has 0 radical (unpaired) electrons. The Morgan fingerprint density at radius 2 is 1.59 bits per heavy atom. The maximum absolute atomic E-state index is 13.1. The Balaban J connectivity index is 0.937.